The number of unbranched alkanes of at least 4 members (excludes halogenated alkanes) is 1. The van der Waals surface area contributed by atoms with Gasteiger partial charge in [0, 0.05) is 17.9 Å². The van der Waals surface area contributed by atoms with E-state index in [1.807, 2.05) is 18.2 Å². The number of Topliss-reactive ketones (excluding diaryl/α,β-unsaturated/α-hetero) is 1. The number of ether oxygens (including phenoxy) is 1. The summed E-state index contributed by atoms with van der Waals surface area (Å²) in [6, 6.07) is 5.89. The van der Waals surface area contributed by atoms with E-state index in [4.69, 9.17) is 4.74 Å². The van der Waals surface area contributed by atoms with E-state index in [1.54, 1.807) is 0 Å². The fourth-order valence-corrected chi connectivity index (χ4v) is 2.55. The summed E-state index contributed by atoms with van der Waals surface area (Å²) in [5.41, 5.74) is 2.05. The first-order valence-electron chi connectivity index (χ1n) is 7.06. The van der Waals surface area contributed by atoms with E-state index in [0.29, 0.717) is 5.78 Å². The van der Waals surface area contributed by atoms with Gasteiger partial charge in [0.25, 0.3) is 0 Å². The van der Waals surface area contributed by atoms with Crippen molar-refractivity contribution in [3.63, 3.8) is 0 Å². The van der Waals surface area contributed by atoms with E-state index in [1.165, 1.54) is 5.56 Å². The molecule has 98 valence electrons. The molecule has 0 radical (unpaired) electrons. The van der Waals surface area contributed by atoms with Crippen molar-refractivity contribution in [3.8, 4) is 5.75 Å². The van der Waals surface area contributed by atoms with Gasteiger partial charge in [-0.25, -0.2) is 0 Å². The predicted octanol–water partition coefficient (Wildman–Crippen LogP) is 4.02. The van der Waals surface area contributed by atoms with E-state index in [9.17, 15) is 4.79 Å². The minimum absolute atomic E-state index is 0.185. The van der Waals surface area contributed by atoms with Crippen LogP contribution in [0.5, 0.6) is 5.75 Å². The van der Waals surface area contributed by atoms with Gasteiger partial charge in [0.15, 0.2) is 5.78 Å². The van der Waals surface area contributed by atoms with Crippen LogP contribution < -0.4 is 4.74 Å². The highest BCUT2D eigenvalue weighted by molar-refractivity contribution is 5.98. The first kappa shape index (κ1) is 13.1. The third kappa shape index (κ3) is 2.74. The Morgan fingerprint density at radius 2 is 2.22 bits per heavy atom. The van der Waals surface area contributed by atoms with Crippen LogP contribution in [0.1, 0.15) is 55.5 Å². The van der Waals surface area contributed by atoms with Gasteiger partial charge in [-0.1, -0.05) is 26.7 Å². The number of hydrogen-bond donors (Lipinski definition) is 0. The zero-order valence-corrected chi connectivity index (χ0v) is 11.4. The number of hydrogen-bond acceptors (Lipinski definition) is 2. The second kappa shape index (κ2) is 6.03. The number of benzene rings is 1. The first-order valence-corrected chi connectivity index (χ1v) is 7.06. The second-order valence-corrected chi connectivity index (χ2v) is 5.03. The number of ketones is 1. The van der Waals surface area contributed by atoms with Crippen LogP contribution in [-0.2, 0) is 6.42 Å². The van der Waals surface area contributed by atoms with Crippen LogP contribution in [0.3, 0.4) is 0 Å². The molecule has 0 N–H and O–H groups in total. The fraction of sp³-hybridized carbons (Fsp3) is 0.562. The molecular formula is C16H22O2. The van der Waals surface area contributed by atoms with Crippen LogP contribution >= 0.6 is 0 Å². The Bertz CT molecular complexity index is 423. The Kier molecular flexibility index (Phi) is 4.40. The van der Waals surface area contributed by atoms with Crippen molar-refractivity contribution in [1.82, 2.24) is 0 Å². The first-order chi connectivity index (χ1) is 8.76. The number of fused-ring (bicyclic) bond motifs is 1. The maximum Gasteiger partial charge on any atom is 0.165 e. The summed E-state index contributed by atoms with van der Waals surface area (Å²) < 4.78 is 5.47. The molecule has 1 atom stereocenters. The summed E-state index contributed by atoms with van der Waals surface area (Å²) in [7, 11) is 0. The lowest BCUT2D eigenvalue weighted by Gasteiger charge is -2.13. The lowest BCUT2D eigenvalue weighted by atomic mass is 9.90. The van der Waals surface area contributed by atoms with Gasteiger partial charge in [0.2, 0.25) is 0 Å². The molecule has 2 heteroatoms. The van der Waals surface area contributed by atoms with Crippen LogP contribution in [0, 0.1) is 5.92 Å². The highest BCUT2D eigenvalue weighted by Crippen LogP contribution is 2.28. The van der Waals surface area contributed by atoms with Gasteiger partial charge < -0.3 is 4.74 Å². The van der Waals surface area contributed by atoms with Crippen molar-refractivity contribution in [2.45, 2.75) is 46.0 Å². The van der Waals surface area contributed by atoms with Crippen molar-refractivity contribution in [3.05, 3.63) is 29.3 Å². The van der Waals surface area contributed by atoms with E-state index >= 15 is 0 Å². The van der Waals surface area contributed by atoms with Gasteiger partial charge >= 0.3 is 0 Å². The third-order valence-electron chi connectivity index (χ3n) is 3.74. The minimum atomic E-state index is 0.185. The van der Waals surface area contributed by atoms with Crippen molar-refractivity contribution < 1.29 is 9.53 Å². The SMILES string of the molecule is CCCCC(CC)C(=O)c1ccc2c(c1)CCO2. The summed E-state index contributed by atoms with van der Waals surface area (Å²) in [5.74, 6) is 1.44. The van der Waals surface area contributed by atoms with Gasteiger partial charge in [-0.15, -0.1) is 0 Å². The highest BCUT2D eigenvalue weighted by Gasteiger charge is 2.20. The van der Waals surface area contributed by atoms with Crippen LogP contribution in [0.15, 0.2) is 18.2 Å². The topological polar surface area (TPSA) is 26.3 Å². The van der Waals surface area contributed by atoms with Crippen LogP contribution in [-0.4, -0.2) is 12.4 Å². The summed E-state index contributed by atoms with van der Waals surface area (Å²) >= 11 is 0. The second-order valence-electron chi connectivity index (χ2n) is 5.03. The molecule has 0 bridgehead atoms. The average Bonchev–Trinajstić information content (AvgIpc) is 2.86. The number of carbonyl (C=O) groups is 1. The molecular weight excluding hydrogens is 224 g/mol. The number of carbonyl (C=O) groups excluding carboxylic acids is 1. The minimum Gasteiger partial charge on any atom is -0.493 e. The fourth-order valence-electron chi connectivity index (χ4n) is 2.55. The van der Waals surface area contributed by atoms with E-state index in [0.717, 1.165) is 50.0 Å². The Morgan fingerprint density at radius 1 is 1.39 bits per heavy atom. The maximum atomic E-state index is 12.4. The van der Waals surface area contributed by atoms with E-state index < -0.39 is 0 Å². The van der Waals surface area contributed by atoms with Gasteiger partial charge in [-0.3, -0.25) is 4.79 Å². The highest BCUT2D eigenvalue weighted by atomic mass is 16.5. The molecule has 0 saturated heterocycles. The smallest absolute Gasteiger partial charge is 0.165 e. The quantitative estimate of drug-likeness (QED) is 0.709. The molecule has 1 aromatic rings. The largest absolute Gasteiger partial charge is 0.493 e. The monoisotopic (exact) mass is 246 g/mol. The van der Waals surface area contributed by atoms with Gasteiger partial charge in [-0.2, -0.15) is 0 Å². The van der Waals surface area contributed by atoms with Crippen LogP contribution in [0.4, 0.5) is 0 Å². The van der Waals surface area contributed by atoms with Gasteiger partial charge in [0.05, 0.1) is 6.61 Å². The summed E-state index contributed by atoms with van der Waals surface area (Å²) in [4.78, 5) is 12.4. The third-order valence-corrected chi connectivity index (χ3v) is 3.74. The molecule has 0 spiro atoms. The van der Waals surface area contributed by atoms with Crippen LogP contribution in [0.25, 0.3) is 0 Å². The standard InChI is InChI=1S/C16H22O2/c1-3-5-6-12(4-2)16(17)14-7-8-15-13(11-14)9-10-18-15/h7-8,11-12H,3-6,9-10H2,1-2H3. The molecule has 1 unspecified atom stereocenters. The number of rotatable bonds is 6. The van der Waals surface area contributed by atoms with Crippen molar-refractivity contribution in [1.29, 1.82) is 0 Å². The molecule has 1 aliphatic heterocycles. The van der Waals surface area contributed by atoms with Crippen molar-refractivity contribution >= 4 is 5.78 Å². The Labute approximate surface area is 109 Å². The lowest BCUT2D eigenvalue weighted by molar-refractivity contribution is 0.0908. The predicted molar refractivity (Wildman–Crippen MR) is 73.3 cm³/mol. The molecule has 2 rings (SSSR count). The van der Waals surface area contributed by atoms with Crippen molar-refractivity contribution in [2.24, 2.45) is 5.92 Å². The molecule has 1 aliphatic rings. The summed E-state index contributed by atoms with van der Waals surface area (Å²) in [6.45, 7) is 5.03. The molecule has 0 aromatic heterocycles. The molecule has 0 aliphatic carbocycles. The van der Waals surface area contributed by atoms with E-state index in [-0.39, 0.29) is 5.92 Å². The normalized spacial score (nSPS) is 15.0. The molecule has 1 heterocycles. The molecule has 2 nitrogen and oxygen atoms in total. The zero-order valence-electron chi connectivity index (χ0n) is 11.4. The Morgan fingerprint density at radius 3 is 2.94 bits per heavy atom. The summed E-state index contributed by atoms with van der Waals surface area (Å²) in [6.07, 6.45) is 5.17. The van der Waals surface area contributed by atoms with Gasteiger partial charge in [0.1, 0.15) is 5.75 Å². The van der Waals surface area contributed by atoms with E-state index in [2.05, 4.69) is 13.8 Å². The zero-order chi connectivity index (χ0) is 13.0. The lowest BCUT2D eigenvalue weighted by Crippen LogP contribution is -2.14. The molecule has 0 fully saturated rings. The molecule has 1 aromatic carbocycles. The summed E-state index contributed by atoms with van der Waals surface area (Å²) in [5, 5.41) is 0. The molecule has 0 saturated carbocycles. The average molecular weight is 246 g/mol. The van der Waals surface area contributed by atoms with Gasteiger partial charge in [-0.05, 0) is 36.6 Å². The molecule has 18 heavy (non-hydrogen) atoms. The Hall–Kier alpha value is -1.31. The Balaban J connectivity index is 2.12. The maximum absolute atomic E-state index is 12.4. The molecule has 0 amide bonds. The van der Waals surface area contributed by atoms with Crippen molar-refractivity contribution in [2.75, 3.05) is 6.61 Å². The van der Waals surface area contributed by atoms with Crippen LogP contribution in [0.2, 0.25) is 0 Å².